The number of halogens is 3. The number of hydrogen-bond donors (Lipinski definition) is 2. The molecule has 0 saturated heterocycles. The maximum absolute atomic E-state index is 13.4. The zero-order chi connectivity index (χ0) is 16.9. The van der Waals surface area contributed by atoms with E-state index in [0.717, 1.165) is 36.6 Å². The molecular weight excluding hydrogens is 319 g/mol. The molecule has 1 aliphatic heterocycles. The summed E-state index contributed by atoms with van der Waals surface area (Å²) < 4.78 is 40.2. The molecule has 1 aromatic carbocycles. The first kappa shape index (κ1) is 15.2. The second-order valence-corrected chi connectivity index (χ2v) is 6.42. The van der Waals surface area contributed by atoms with E-state index >= 15 is 0 Å². The van der Waals surface area contributed by atoms with Gasteiger partial charge in [0.15, 0.2) is 5.82 Å². The quantitative estimate of drug-likeness (QED) is 0.865. The average molecular weight is 335 g/mol. The number of nitrogens with zero attached hydrogens (tertiary/aromatic N) is 1. The molecule has 24 heavy (non-hydrogen) atoms. The van der Waals surface area contributed by atoms with Crippen LogP contribution >= 0.6 is 0 Å². The van der Waals surface area contributed by atoms with E-state index in [4.69, 9.17) is 0 Å². The SMILES string of the molecule is O=C1CC(c2ccccc2C(F)(F)F)c2c(n[nH]c2C2CCC2)N1. The molecule has 0 bridgehead atoms. The minimum absolute atomic E-state index is 0.000648. The minimum atomic E-state index is -4.45. The highest BCUT2D eigenvalue weighted by molar-refractivity contribution is 5.94. The second-order valence-electron chi connectivity index (χ2n) is 6.42. The Morgan fingerprint density at radius 3 is 2.58 bits per heavy atom. The van der Waals surface area contributed by atoms with Crippen molar-refractivity contribution in [3.63, 3.8) is 0 Å². The van der Waals surface area contributed by atoms with Crippen molar-refractivity contribution < 1.29 is 18.0 Å². The van der Waals surface area contributed by atoms with Crippen LogP contribution in [0.2, 0.25) is 0 Å². The first-order valence-corrected chi connectivity index (χ1v) is 7.99. The summed E-state index contributed by atoms with van der Waals surface area (Å²) in [5.74, 6) is -0.274. The molecule has 2 aliphatic rings. The van der Waals surface area contributed by atoms with Crippen molar-refractivity contribution in [2.75, 3.05) is 5.32 Å². The molecule has 1 aliphatic carbocycles. The van der Waals surface area contributed by atoms with Crippen LogP contribution in [0.25, 0.3) is 0 Å². The van der Waals surface area contributed by atoms with Gasteiger partial charge in [-0.2, -0.15) is 18.3 Å². The normalized spacial score (nSPS) is 21.1. The van der Waals surface area contributed by atoms with E-state index in [-0.39, 0.29) is 23.8 Å². The first-order chi connectivity index (χ1) is 11.4. The van der Waals surface area contributed by atoms with Gasteiger partial charge in [-0.15, -0.1) is 0 Å². The number of hydrogen-bond acceptors (Lipinski definition) is 2. The van der Waals surface area contributed by atoms with Crippen molar-refractivity contribution in [2.45, 2.75) is 43.7 Å². The number of alkyl halides is 3. The van der Waals surface area contributed by atoms with Gasteiger partial charge >= 0.3 is 6.18 Å². The fourth-order valence-corrected chi connectivity index (χ4v) is 3.62. The molecule has 1 fully saturated rings. The van der Waals surface area contributed by atoms with Crippen molar-refractivity contribution in [3.05, 3.63) is 46.6 Å². The Kier molecular flexibility index (Phi) is 3.40. The van der Waals surface area contributed by atoms with Crippen LogP contribution in [0.1, 0.15) is 59.9 Å². The average Bonchev–Trinajstić information content (AvgIpc) is 2.87. The highest BCUT2D eigenvalue weighted by atomic mass is 19.4. The molecule has 4 nitrogen and oxygen atoms in total. The largest absolute Gasteiger partial charge is 0.416 e. The maximum atomic E-state index is 13.4. The van der Waals surface area contributed by atoms with Gasteiger partial charge in [0.05, 0.1) is 5.56 Å². The fraction of sp³-hybridized carbons (Fsp3) is 0.412. The molecule has 0 spiro atoms. The van der Waals surface area contributed by atoms with Crippen LogP contribution in [-0.2, 0) is 11.0 Å². The number of amides is 1. The summed E-state index contributed by atoms with van der Waals surface area (Å²) >= 11 is 0. The molecular formula is C17H16F3N3O. The van der Waals surface area contributed by atoms with Crippen molar-refractivity contribution in [3.8, 4) is 0 Å². The topological polar surface area (TPSA) is 57.8 Å². The van der Waals surface area contributed by atoms with Crippen LogP contribution in [-0.4, -0.2) is 16.1 Å². The Morgan fingerprint density at radius 1 is 1.17 bits per heavy atom. The van der Waals surface area contributed by atoms with Gasteiger partial charge in [0.1, 0.15) is 0 Å². The summed E-state index contributed by atoms with van der Waals surface area (Å²) in [6.45, 7) is 0. The van der Waals surface area contributed by atoms with Crippen LogP contribution in [0.3, 0.4) is 0 Å². The lowest BCUT2D eigenvalue weighted by molar-refractivity contribution is -0.138. The molecule has 7 heteroatoms. The predicted octanol–water partition coefficient (Wildman–Crippen LogP) is 4.17. The summed E-state index contributed by atoms with van der Waals surface area (Å²) in [7, 11) is 0. The molecule has 4 rings (SSSR count). The summed E-state index contributed by atoms with van der Waals surface area (Å²) in [5, 5.41) is 9.77. The van der Waals surface area contributed by atoms with E-state index in [1.54, 1.807) is 6.07 Å². The zero-order valence-corrected chi connectivity index (χ0v) is 12.8. The number of rotatable bonds is 2. The van der Waals surface area contributed by atoms with E-state index in [0.29, 0.717) is 5.82 Å². The van der Waals surface area contributed by atoms with Crippen molar-refractivity contribution >= 4 is 11.7 Å². The van der Waals surface area contributed by atoms with Crippen molar-refractivity contribution in [1.29, 1.82) is 0 Å². The fourth-order valence-electron chi connectivity index (χ4n) is 3.62. The Labute approximate surface area is 136 Å². The third kappa shape index (κ3) is 2.39. The van der Waals surface area contributed by atoms with Gasteiger partial charge in [-0.25, -0.2) is 0 Å². The highest BCUT2D eigenvalue weighted by Crippen LogP contribution is 2.47. The summed E-state index contributed by atoms with van der Waals surface area (Å²) in [5.41, 5.74) is 1.05. The lowest BCUT2D eigenvalue weighted by atomic mass is 9.76. The van der Waals surface area contributed by atoms with Crippen LogP contribution in [0, 0.1) is 0 Å². The smallest absolute Gasteiger partial charge is 0.309 e. The van der Waals surface area contributed by atoms with Crippen LogP contribution in [0.15, 0.2) is 24.3 Å². The van der Waals surface area contributed by atoms with E-state index in [1.165, 1.54) is 12.1 Å². The van der Waals surface area contributed by atoms with Gasteiger partial charge in [0.2, 0.25) is 5.91 Å². The molecule has 2 N–H and O–H groups in total. The van der Waals surface area contributed by atoms with Crippen molar-refractivity contribution in [1.82, 2.24) is 10.2 Å². The Balaban J connectivity index is 1.86. The molecule has 0 radical (unpaired) electrons. The predicted molar refractivity (Wildman–Crippen MR) is 81.7 cm³/mol. The van der Waals surface area contributed by atoms with Crippen molar-refractivity contribution in [2.24, 2.45) is 0 Å². The molecule has 1 saturated carbocycles. The number of anilines is 1. The number of aromatic nitrogens is 2. The molecule has 1 aromatic heterocycles. The Hall–Kier alpha value is -2.31. The van der Waals surface area contributed by atoms with Gasteiger partial charge in [-0.3, -0.25) is 9.89 Å². The van der Waals surface area contributed by atoms with E-state index < -0.39 is 17.7 Å². The summed E-state index contributed by atoms with van der Waals surface area (Å²) in [6.07, 6.45) is -1.36. The molecule has 126 valence electrons. The number of aromatic amines is 1. The van der Waals surface area contributed by atoms with Gasteiger partial charge in [-0.1, -0.05) is 24.6 Å². The first-order valence-electron chi connectivity index (χ1n) is 7.99. The summed E-state index contributed by atoms with van der Waals surface area (Å²) in [6, 6.07) is 5.50. The third-order valence-corrected chi connectivity index (χ3v) is 4.98. The molecule has 1 unspecified atom stereocenters. The number of carbonyl (C=O) groups is 1. The zero-order valence-electron chi connectivity index (χ0n) is 12.8. The number of fused-ring (bicyclic) bond motifs is 1. The second kappa shape index (κ2) is 5.36. The third-order valence-electron chi connectivity index (χ3n) is 4.98. The number of benzene rings is 1. The summed E-state index contributed by atoms with van der Waals surface area (Å²) in [4.78, 5) is 12.0. The highest BCUT2D eigenvalue weighted by Gasteiger charge is 2.40. The molecule has 2 heterocycles. The standard InChI is InChI=1S/C17H16F3N3O/c18-17(19,20)12-7-2-1-6-10(12)11-8-13(24)21-16-14(11)15(22-23-16)9-4-3-5-9/h1-2,6-7,9,11H,3-5,8H2,(H2,21,22,23,24). The molecule has 1 atom stereocenters. The van der Waals surface area contributed by atoms with Gasteiger partial charge in [0, 0.05) is 29.5 Å². The number of H-pyrrole nitrogens is 1. The molecule has 1 amide bonds. The number of carbonyl (C=O) groups excluding carboxylic acids is 1. The van der Waals surface area contributed by atoms with E-state index in [9.17, 15) is 18.0 Å². The number of nitrogens with one attached hydrogen (secondary N) is 2. The maximum Gasteiger partial charge on any atom is 0.416 e. The van der Waals surface area contributed by atoms with Gasteiger partial charge in [0.25, 0.3) is 0 Å². The van der Waals surface area contributed by atoms with Crippen LogP contribution in [0.5, 0.6) is 0 Å². The van der Waals surface area contributed by atoms with Crippen LogP contribution in [0.4, 0.5) is 19.0 Å². The minimum Gasteiger partial charge on any atom is -0.309 e. The Bertz CT molecular complexity index is 793. The molecule has 2 aromatic rings. The Morgan fingerprint density at radius 2 is 1.92 bits per heavy atom. The monoisotopic (exact) mass is 335 g/mol. The van der Waals surface area contributed by atoms with Crippen LogP contribution < -0.4 is 5.32 Å². The van der Waals surface area contributed by atoms with E-state index in [1.807, 2.05) is 0 Å². The van der Waals surface area contributed by atoms with E-state index in [2.05, 4.69) is 15.5 Å². The lowest BCUT2D eigenvalue weighted by Crippen LogP contribution is -2.26. The van der Waals surface area contributed by atoms with Gasteiger partial charge < -0.3 is 5.32 Å². The van der Waals surface area contributed by atoms with Gasteiger partial charge in [-0.05, 0) is 24.5 Å². The lowest BCUT2D eigenvalue weighted by Gasteiger charge is -2.30.